The number of hydrogen-bond donors (Lipinski definition) is 0. The summed E-state index contributed by atoms with van der Waals surface area (Å²) in [6.45, 7) is 0.334. The second-order valence-electron chi connectivity index (χ2n) is 5.66. The molecule has 0 N–H and O–H groups in total. The molecule has 0 amide bonds. The summed E-state index contributed by atoms with van der Waals surface area (Å²) < 4.78 is 16.8. The van der Waals surface area contributed by atoms with Crippen LogP contribution in [-0.2, 0) is 16.1 Å². The van der Waals surface area contributed by atoms with Gasteiger partial charge in [-0.1, -0.05) is 40.2 Å². The first kappa shape index (κ1) is 16.6. The molecule has 0 spiro atoms. The van der Waals surface area contributed by atoms with Crippen LogP contribution in [-0.4, -0.2) is 17.7 Å². The fraction of sp³-hybridized carbons (Fsp3) is 0.100. The topological polar surface area (TPSA) is 57.7 Å². The van der Waals surface area contributed by atoms with Crippen molar-refractivity contribution in [3.05, 3.63) is 70.3 Å². The third-order valence-corrected chi connectivity index (χ3v) is 4.71. The molecular formula is C20H14BrNO4. The third-order valence-electron chi connectivity index (χ3n) is 3.97. The summed E-state index contributed by atoms with van der Waals surface area (Å²) in [4.78, 5) is 16.4. The first-order valence-corrected chi connectivity index (χ1v) is 8.76. The van der Waals surface area contributed by atoms with Crippen LogP contribution in [0.15, 0.2) is 59.2 Å². The van der Waals surface area contributed by atoms with Gasteiger partial charge in [-0.05, 0) is 24.3 Å². The molecule has 3 aromatic rings. The molecular weight excluding hydrogens is 398 g/mol. The molecule has 0 aliphatic carbocycles. The Bertz CT molecular complexity index is 1010. The van der Waals surface area contributed by atoms with Crippen molar-refractivity contribution < 1.29 is 19.0 Å². The molecule has 26 heavy (non-hydrogen) atoms. The van der Waals surface area contributed by atoms with Crippen LogP contribution in [0.1, 0.15) is 11.1 Å². The van der Waals surface area contributed by atoms with E-state index in [2.05, 4.69) is 20.9 Å². The molecule has 0 atom stereocenters. The standard InChI is InChI=1S/C20H14BrNO4/c21-16-10-18-17(25-12-26-18)9-15(16)11-24-19(23)7-6-14-4-1-3-13-5-2-8-22-20(13)14/h1-10H,11-12H2/b7-6+. The number of carbonyl (C=O) groups excluding carboxylic acids is 1. The van der Waals surface area contributed by atoms with Gasteiger partial charge in [0, 0.05) is 33.3 Å². The molecule has 0 saturated carbocycles. The molecule has 1 aliphatic heterocycles. The minimum atomic E-state index is -0.428. The number of aromatic nitrogens is 1. The van der Waals surface area contributed by atoms with Crippen molar-refractivity contribution in [1.82, 2.24) is 4.98 Å². The highest BCUT2D eigenvalue weighted by Crippen LogP contribution is 2.37. The first-order chi connectivity index (χ1) is 12.7. The van der Waals surface area contributed by atoms with Crippen LogP contribution in [0.25, 0.3) is 17.0 Å². The Labute approximate surface area is 158 Å². The number of halogens is 1. The van der Waals surface area contributed by atoms with Gasteiger partial charge in [0.15, 0.2) is 11.5 Å². The van der Waals surface area contributed by atoms with E-state index in [1.807, 2.05) is 36.4 Å². The lowest BCUT2D eigenvalue weighted by atomic mass is 10.1. The highest BCUT2D eigenvalue weighted by atomic mass is 79.9. The zero-order valence-electron chi connectivity index (χ0n) is 13.6. The Kier molecular flexibility index (Phi) is 4.58. The molecule has 2 aromatic carbocycles. The van der Waals surface area contributed by atoms with Crippen molar-refractivity contribution in [3.8, 4) is 11.5 Å². The van der Waals surface area contributed by atoms with E-state index < -0.39 is 5.97 Å². The Morgan fingerprint density at radius 3 is 2.88 bits per heavy atom. The van der Waals surface area contributed by atoms with Crippen LogP contribution >= 0.6 is 15.9 Å². The monoisotopic (exact) mass is 411 g/mol. The fourth-order valence-corrected chi connectivity index (χ4v) is 3.12. The summed E-state index contributed by atoms with van der Waals surface area (Å²) in [5, 5.41) is 1.02. The molecule has 2 heterocycles. The summed E-state index contributed by atoms with van der Waals surface area (Å²) in [5.41, 5.74) is 2.52. The van der Waals surface area contributed by atoms with Crippen molar-refractivity contribution in [2.24, 2.45) is 0 Å². The van der Waals surface area contributed by atoms with E-state index in [9.17, 15) is 4.79 Å². The van der Waals surface area contributed by atoms with Crippen LogP contribution in [0.4, 0.5) is 0 Å². The molecule has 0 saturated heterocycles. The van der Waals surface area contributed by atoms with Gasteiger partial charge in [0.25, 0.3) is 0 Å². The fourth-order valence-electron chi connectivity index (χ4n) is 2.69. The molecule has 0 fully saturated rings. The normalized spacial score (nSPS) is 12.7. The van der Waals surface area contributed by atoms with E-state index in [1.54, 1.807) is 18.3 Å². The molecule has 130 valence electrons. The van der Waals surface area contributed by atoms with Crippen molar-refractivity contribution in [2.45, 2.75) is 6.61 Å². The van der Waals surface area contributed by atoms with Crippen LogP contribution in [0.5, 0.6) is 11.5 Å². The van der Waals surface area contributed by atoms with E-state index in [-0.39, 0.29) is 13.4 Å². The molecule has 4 rings (SSSR count). The van der Waals surface area contributed by atoms with Crippen molar-refractivity contribution in [3.63, 3.8) is 0 Å². The SMILES string of the molecule is O=C(/C=C/c1cccc2cccnc12)OCc1cc2c(cc1Br)OCO2. The lowest BCUT2D eigenvalue weighted by Gasteiger charge is -2.06. The number of rotatable bonds is 4. The quantitative estimate of drug-likeness (QED) is 0.467. The summed E-state index contributed by atoms with van der Waals surface area (Å²) in [6, 6.07) is 13.3. The third kappa shape index (κ3) is 3.41. The van der Waals surface area contributed by atoms with Gasteiger partial charge in [-0.25, -0.2) is 4.79 Å². The largest absolute Gasteiger partial charge is 0.458 e. The Balaban J connectivity index is 1.45. The number of fused-ring (bicyclic) bond motifs is 2. The molecule has 0 radical (unpaired) electrons. The van der Waals surface area contributed by atoms with Gasteiger partial charge in [-0.3, -0.25) is 4.98 Å². The number of carbonyl (C=O) groups is 1. The lowest BCUT2D eigenvalue weighted by molar-refractivity contribution is -0.138. The molecule has 6 heteroatoms. The van der Waals surface area contributed by atoms with E-state index in [0.29, 0.717) is 11.5 Å². The predicted molar refractivity (Wildman–Crippen MR) is 101 cm³/mol. The van der Waals surface area contributed by atoms with Crippen molar-refractivity contribution >= 4 is 38.9 Å². The summed E-state index contributed by atoms with van der Waals surface area (Å²) in [7, 11) is 0. The number of pyridine rings is 1. The molecule has 0 bridgehead atoms. The first-order valence-electron chi connectivity index (χ1n) is 7.97. The average Bonchev–Trinajstić information content (AvgIpc) is 3.11. The maximum atomic E-state index is 12.1. The number of para-hydroxylation sites is 1. The number of hydrogen-bond acceptors (Lipinski definition) is 5. The molecule has 1 aromatic heterocycles. The summed E-state index contributed by atoms with van der Waals surface area (Å²) in [6.07, 6.45) is 4.85. The van der Waals surface area contributed by atoms with Crippen molar-refractivity contribution in [1.29, 1.82) is 0 Å². The highest BCUT2D eigenvalue weighted by Gasteiger charge is 2.16. The van der Waals surface area contributed by atoms with E-state index in [0.717, 1.165) is 26.5 Å². The average molecular weight is 412 g/mol. The van der Waals surface area contributed by atoms with E-state index >= 15 is 0 Å². The Morgan fingerprint density at radius 2 is 2.00 bits per heavy atom. The number of esters is 1. The van der Waals surface area contributed by atoms with Gasteiger partial charge in [0.2, 0.25) is 6.79 Å². The number of nitrogens with zero attached hydrogens (tertiary/aromatic N) is 1. The highest BCUT2D eigenvalue weighted by molar-refractivity contribution is 9.10. The van der Waals surface area contributed by atoms with E-state index in [4.69, 9.17) is 14.2 Å². The van der Waals surface area contributed by atoms with Crippen LogP contribution in [0.2, 0.25) is 0 Å². The van der Waals surface area contributed by atoms with Gasteiger partial charge in [0.1, 0.15) is 6.61 Å². The van der Waals surface area contributed by atoms with Gasteiger partial charge < -0.3 is 14.2 Å². The van der Waals surface area contributed by atoms with Crippen LogP contribution in [0, 0.1) is 0 Å². The minimum absolute atomic E-state index is 0.133. The van der Waals surface area contributed by atoms with Gasteiger partial charge in [-0.15, -0.1) is 0 Å². The van der Waals surface area contributed by atoms with Crippen LogP contribution in [0.3, 0.4) is 0 Å². The molecule has 5 nitrogen and oxygen atoms in total. The maximum absolute atomic E-state index is 12.1. The Hall–Kier alpha value is -2.86. The maximum Gasteiger partial charge on any atom is 0.331 e. The zero-order chi connectivity index (χ0) is 17.9. The molecule has 1 aliphatic rings. The minimum Gasteiger partial charge on any atom is -0.458 e. The van der Waals surface area contributed by atoms with Gasteiger partial charge in [-0.2, -0.15) is 0 Å². The van der Waals surface area contributed by atoms with Gasteiger partial charge >= 0.3 is 5.97 Å². The van der Waals surface area contributed by atoms with Crippen LogP contribution < -0.4 is 9.47 Å². The zero-order valence-corrected chi connectivity index (χ0v) is 15.2. The number of benzene rings is 2. The molecule has 0 unspecified atom stereocenters. The predicted octanol–water partition coefficient (Wildman–Crippen LogP) is 4.48. The lowest BCUT2D eigenvalue weighted by Crippen LogP contribution is -2.01. The summed E-state index contributed by atoms with van der Waals surface area (Å²) >= 11 is 3.45. The number of ether oxygens (including phenoxy) is 3. The van der Waals surface area contributed by atoms with E-state index in [1.165, 1.54) is 6.08 Å². The Morgan fingerprint density at radius 1 is 1.19 bits per heavy atom. The second-order valence-corrected chi connectivity index (χ2v) is 6.51. The van der Waals surface area contributed by atoms with Gasteiger partial charge in [0.05, 0.1) is 5.52 Å². The summed E-state index contributed by atoms with van der Waals surface area (Å²) in [5.74, 6) is 0.898. The second kappa shape index (κ2) is 7.17. The smallest absolute Gasteiger partial charge is 0.331 e. The van der Waals surface area contributed by atoms with Crippen molar-refractivity contribution in [2.75, 3.05) is 6.79 Å².